The van der Waals surface area contributed by atoms with Crippen molar-refractivity contribution < 1.29 is 9.59 Å². The third kappa shape index (κ3) is 2.55. The molecule has 0 aromatic carbocycles. The second-order valence-electron chi connectivity index (χ2n) is 3.13. The third-order valence-corrected chi connectivity index (χ3v) is 2.11. The van der Waals surface area contributed by atoms with Crippen LogP contribution in [0.5, 0.6) is 0 Å². The maximum atomic E-state index is 11.5. The quantitative estimate of drug-likeness (QED) is 0.746. The van der Waals surface area contributed by atoms with Crippen LogP contribution in [0, 0.1) is 0 Å². The molecular formula is C9H14N4O2. The number of nitrogens with zero attached hydrogens (tertiary/aromatic N) is 2. The summed E-state index contributed by atoms with van der Waals surface area (Å²) in [6.07, 6.45) is 4.04. The Hall–Kier alpha value is -1.85. The number of nitrogens with two attached hydrogens (primary N) is 1. The minimum atomic E-state index is -0.843. The molecule has 1 aromatic heterocycles. The average Bonchev–Trinajstić information content (AvgIpc) is 2.62. The van der Waals surface area contributed by atoms with Gasteiger partial charge in [-0.05, 0) is 6.92 Å². The first-order chi connectivity index (χ1) is 7.06. The number of nitrogens with one attached hydrogen (secondary N) is 1. The molecule has 15 heavy (non-hydrogen) atoms. The number of aromatic nitrogens is 2. The highest BCUT2D eigenvalue weighted by Gasteiger charge is 2.17. The van der Waals surface area contributed by atoms with Crippen LogP contribution in [0.2, 0.25) is 0 Å². The lowest BCUT2D eigenvalue weighted by Gasteiger charge is -2.14. The highest BCUT2D eigenvalue weighted by atomic mass is 16.2. The van der Waals surface area contributed by atoms with E-state index in [4.69, 9.17) is 5.73 Å². The molecule has 82 valence electrons. The number of carbonyl (C=O) groups excluding carboxylic acids is 2. The first-order valence-electron chi connectivity index (χ1n) is 4.68. The van der Waals surface area contributed by atoms with Gasteiger partial charge in [0.05, 0.1) is 0 Å². The number of amides is 3. The average molecular weight is 210 g/mol. The van der Waals surface area contributed by atoms with Crippen molar-refractivity contribution in [2.45, 2.75) is 26.3 Å². The van der Waals surface area contributed by atoms with E-state index in [1.807, 2.05) is 12.2 Å². The summed E-state index contributed by atoms with van der Waals surface area (Å²) < 4.78 is 1.71. The third-order valence-electron chi connectivity index (χ3n) is 2.11. The molecule has 6 heteroatoms. The summed E-state index contributed by atoms with van der Waals surface area (Å²) in [5, 5.41) is 2.03. The van der Waals surface area contributed by atoms with Gasteiger partial charge in [-0.1, -0.05) is 6.92 Å². The van der Waals surface area contributed by atoms with Gasteiger partial charge in [0.1, 0.15) is 11.9 Å². The number of primary amides is 1. The summed E-state index contributed by atoms with van der Waals surface area (Å²) in [5.41, 5.74) is 4.86. The molecule has 0 saturated heterocycles. The summed E-state index contributed by atoms with van der Waals surface area (Å²) in [4.78, 5) is 26.0. The van der Waals surface area contributed by atoms with E-state index in [1.54, 1.807) is 23.9 Å². The molecule has 3 N–H and O–H groups in total. The van der Waals surface area contributed by atoms with Crippen molar-refractivity contribution >= 4 is 11.9 Å². The van der Waals surface area contributed by atoms with Crippen molar-refractivity contribution in [2.75, 3.05) is 0 Å². The summed E-state index contributed by atoms with van der Waals surface area (Å²) in [7, 11) is 0. The van der Waals surface area contributed by atoms with Gasteiger partial charge in [-0.3, -0.25) is 10.1 Å². The van der Waals surface area contributed by atoms with Crippen LogP contribution in [0.3, 0.4) is 0 Å². The van der Waals surface area contributed by atoms with E-state index < -0.39 is 18.0 Å². The lowest BCUT2D eigenvalue weighted by atomic mass is 10.3. The first kappa shape index (κ1) is 11.2. The summed E-state index contributed by atoms with van der Waals surface area (Å²) in [6.45, 7) is 3.62. The van der Waals surface area contributed by atoms with E-state index in [9.17, 15) is 9.59 Å². The van der Waals surface area contributed by atoms with Gasteiger partial charge in [0.15, 0.2) is 0 Å². The lowest BCUT2D eigenvalue weighted by Crippen LogP contribution is -2.39. The number of urea groups is 1. The molecule has 0 aliphatic carbocycles. The van der Waals surface area contributed by atoms with Crippen molar-refractivity contribution in [1.29, 1.82) is 0 Å². The van der Waals surface area contributed by atoms with Crippen molar-refractivity contribution in [1.82, 2.24) is 14.9 Å². The molecule has 0 spiro atoms. The van der Waals surface area contributed by atoms with Gasteiger partial charge in [-0.15, -0.1) is 0 Å². The Balaban J connectivity index is 2.80. The Kier molecular flexibility index (Phi) is 3.43. The van der Waals surface area contributed by atoms with Gasteiger partial charge in [0, 0.05) is 18.8 Å². The van der Waals surface area contributed by atoms with Crippen LogP contribution < -0.4 is 11.1 Å². The van der Waals surface area contributed by atoms with Crippen molar-refractivity contribution in [2.24, 2.45) is 5.73 Å². The van der Waals surface area contributed by atoms with Crippen LogP contribution in [-0.2, 0) is 11.2 Å². The molecule has 0 aliphatic heterocycles. The fourth-order valence-electron chi connectivity index (χ4n) is 1.32. The van der Waals surface area contributed by atoms with Crippen LogP contribution in [0.15, 0.2) is 12.4 Å². The standard InChI is InChI=1S/C9H14N4O2/c1-3-7-11-4-5-13(7)6(2)8(14)12-9(10)15/h4-6H,3H2,1-2H3,(H3,10,12,14,15). The van der Waals surface area contributed by atoms with E-state index in [2.05, 4.69) is 4.98 Å². The van der Waals surface area contributed by atoms with E-state index >= 15 is 0 Å². The van der Waals surface area contributed by atoms with E-state index in [0.29, 0.717) is 0 Å². The van der Waals surface area contributed by atoms with Crippen LogP contribution in [0.1, 0.15) is 25.7 Å². The normalized spacial score (nSPS) is 12.1. The van der Waals surface area contributed by atoms with Gasteiger partial charge < -0.3 is 10.3 Å². The molecule has 0 bridgehead atoms. The van der Waals surface area contributed by atoms with Crippen molar-refractivity contribution in [3.8, 4) is 0 Å². The predicted octanol–water partition coefficient (Wildman–Crippen LogP) is 0.201. The molecule has 1 atom stereocenters. The second kappa shape index (κ2) is 4.59. The number of imidazole rings is 1. The molecule has 1 unspecified atom stereocenters. The Morgan fingerprint density at radius 2 is 2.33 bits per heavy atom. The molecule has 1 rings (SSSR count). The second-order valence-corrected chi connectivity index (χ2v) is 3.13. The van der Waals surface area contributed by atoms with Gasteiger partial charge >= 0.3 is 6.03 Å². The minimum Gasteiger partial charge on any atom is -0.351 e. The Morgan fingerprint density at radius 1 is 1.67 bits per heavy atom. The maximum Gasteiger partial charge on any atom is 0.318 e. The summed E-state index contributed by atoms with van der Waals surface area (Å²) in [6, 6.07) is -1.33. The Bertz CT molecular complexity index is 372. The van der Waals surface area contributed by atoms with Gasteiger partial charge in [-0.25, -0.2) is 9.78 Å². The zero-order valence-corrected chi connectivity index (χ0v) is 8.73. The van der Waals surface area contributed by atoms with Crippen molar-refractivity contribution in [3.63, 3.8) is 0 Å². The highest BCUT2D eigenvalue weighted by molar-refractivity contribution is 5.95. The van der Waals surface area contributed by atoms with E-state index in [-0.39, 0.29) is 0 Å². The molecule has 0 radical (unpaired) electrons. The molecule has 0 aliphatic rings. The van der Waals surface area contributed by atoms with Gasteiger partial charge in [0.25, 0.3) is 5.91 Å². The number of carbonyl (C=O) groups is 2. The molecule has 6 nitrogen and oxygen atoms in total. The number of hydrogen-bond acceptors (Lipinski definition) is 3. The molecule has 3 amide bonds. The zero-order valence-electron chi connectivity index (χ0n) is 8.73. The van der Waals surface area contributed by atoms with E-state index in [1.165, 1.54) is 0 Å². The summed E-state index contributed by atoms with van der Waals surface area (Å²) >= 11 is 0. The smallest absolute Gasteiger partial charge is 0.318 e. The summed E-state index contributed by atoms with van der Waals surface area (Å²) in [5.74, 6) is 0.359. The monoisotopic (exact) mass is 210 g/mol. The number of imide groups is 1. The molecular weight excluding hydrogens is 196 g/mol. The van der Waals surface area contributed by atoms with Crippen LogP contribution >= 0.6 is 0 Å². The largest absolute Gasteiger partial charge is 0.351 e. The lowest BCUT2D eigenvalue weighted by molar-refractivity contribution is -0.122. The zero-order chi connectivity index (χ0) is 11.4. The predicted molar refractivity (Wildman–Crippen MR) is 54.0 cm³/mol. The van der Waals surface area contributed by atoms with Crippen LogP contribution in [-0.4, -0.2) is 21.5 Å². The SMILES string of the molecule is CCc1nccn1C(C)C(=O)NC(N)=O. The number of rotatable bonds is 3. The Morgan fingerprint density at radius 3 is 2.87 bits per heavy atom. The van der Waals surface area contributed by atoms with Crippen molar-refractivity contribution in [3.05, 3.63) is 18.2 Å². The molecule has 1 aromatic rings. The fraction of sp³-hybridized carbons (Fsp3) is 0.444. The fourth-order valence-corrected chi connectivity index (χ4v) is 1.32. The molecule has 0 fully saturated rings. The topological polar surface area (TPSA) is 90.0 Å². The minimum absolute atomic E-state index is 0.435. The van der Waals surface area contributed by atoms with Gasteiger partial charge in [-0.2, -0.15) is 0 Å². The number of hydrogen-bond donors (Lipinski definition) is 2. The van der Waals surface area contributed by atoms with Crippen LogP contribution in [0.25, 0.3) is 0 Å². The Labute approximate surface area is 87.5 Å². The molecule has 0 saturated carbocycles. The molecule has 1 heterocycles. The van der Waals surface area contributed by atoms with E-state index in [0.717, 1.165) is 12.2 Å². The maximum absolute atomic E-state index is 11.5. The van der Waals surface area contributed by atoms with Crippen LogP contribution in [0.4, 0.5) is 4.79 Å². The number of aryl methyl sites for hydroxylation is 1. The highest BCUT2D eigenvalue weighted by Crippen LogP contribution is 2.09. The first-order valence-corrected chi connectivity index (χ1v) is 4.68. The van der Waals surface area contributed by atoms with Gasteiger partial charge in [0.2, 0.25) is 0 Å².